The summed E-state index contributed by atoms with van der Waals surface area (Å²) in [6.07, 6.45) is 0.000606. The van der Waals surface area contributed by atoms with Crippen molar-refractivity contribution in [2.45, 2.75) is 19.3 Å². The van der Waals surface area contributed by atoms with Gasteiger partial charge >= 0.3 is 0 Å². The van der Waals surface area contributed by atoms with E-state index in [1.807, 2.05) is 12.1 Å². The van der Waals surface area contributed by atoms with E-state index in [9.17, 15) is 14.4 Å². The number of hydrogen-bond donors (Lipinski definition) is 2. The molecule has 0 saturated carbocycles. The number of nitrogens with zero attached hydrogens (tertiary/aromatic N) is 2. The Morgan fingerprint density at radius 3 is 2.53 bits per heavy atom. The zero-order valence-electron chi connectivity index (χ0n) is 16.1. The van der Waals surface area contributed by atoms with E-state index >= 15 is 0 Å². The number of carbonyl (C=O) groups excluding carboxylic acids is 3. The second-order valence-corrected chi connectivity index (χ2v) is 6.36. The van der Waals surface area contributed by atoms with Crippen molar-refractivity contribution in [2.24, 2.45) is 0 Å². The molecule has 9 nitrogen and oxygen atoms in total. The van der Waals surface area contributed by atoms with Crippen LogP contribution in [-0.4, -0.2) is 31.1 Å². The summed E-state index contributed by atoms with van der Waals surface area (Å²) in [7, 11) is 0. The normalized spacial score (nSPS) is 11.3. The van der Waals surface area contributed by atoms with Crippen LogP contribution in [0.1, 0.15) is 29.6 Å². The molecule has 2 aromatic rings. The van der Waals surface area contributed by atoms with E-state index in [0.29, 0.717) is 22.7 Å². The molecule has 0 fully saturated rings. The molecule has 0 bridgehead atoms. The van der Waals surface area contributed by atoms with E-state index < -0.39 is 11.8 Å². The molecule has 0 aliphatic carbocycles. The molecular formula is C21H20N4O5. The Morgan fingerprint density at radius 1 is 1.00 bits per heavy atom. The van der Waals surface area contributed by atoms with Crippen molar-refractivity contribution in [3.63, 3.8) is 0 Å². The van der Waals surface area contributed by atoms with Crippen molar-refractivity contribution in [3.8, 4) is 17.6 Å². The van der Waals surface area contributed by atoms with Gasteiger partial charge in [0.1, 0.15) is 0 Å². The van der Waals surface area contributed by atoms with E-state index in [1.165, 1.54) is 11.0 Å². The number of hydrogen-bond acceptors (Lipinski definition) is 6. The van der Waals surface area contributed by atoms with Crippen LogP contribution in [0.4, 0.5) is 5.69 Å². The predicted molar refractivity (Wildman–Crippen MR) is 106 cm³/mol. The Labute approximate surface area is 173 Å². The fraction of sp³-hybridized carbons (Fsp3) is 0.238. The Morgan fingerprint density at radius 2 is 1.77 bits per heavy atom. The molecule has 0 aromatic heterocycles. The van der Waals surface area contributed by atoms with Gasteiger partial charge in [-0.25, -0.2) is 0 Å². The summed E-state index contributed by atoms with van der Waals surface area (Å²) in [5.41, 5.74) is 5.55. The minimum atomic E-state index is -0.520. The standard InChI is InChI=1S/C21H20N4O5/c22-11-4-12-25(16-5-2-1-3-6-16)20(27)10-9-19(26)23-24-21(28)15-7-8-17-18(13-15)30-14-29-17/h1-3,5-8,13H,4,9-10,12,14H2,(H,23,26)(H,24,28). The molecular weight excluding hydrogens is 388 g/mol. The molecule has 0 atom stereocenters. The third kappa shape index (κ3) is 5.26. The van der Waals surface area contributed by atoms with Gasteiger partial charge in [-0.05, 0) is 30.3 Å². The lowest BCUT2D eigenvalue weighted by Gasteiger charge is -2.21. The van der Waals surface area contributed by atoms with Crippen LogP contribution in [0.15, 0.2) is 48.5 Å². The van der Waals surface area contributed by atoms with E-state index in [2.05, 4.69) is 10.9 Å². The predicted octanol–water partition coefficient (Wildman–Crippen LogP) is 1.90. The largest absolute Gasteiger partial charge is 0.454 e. The molecule has 0 spiro atoms. The number of nitriles is 1. The first kappa shape index (κ1) is 20.7. The molecule has 3 rings (SSSR count). The molecule has 0 saturated heterocycles. The number of hydrazine groups is 1. The van der Waals surface area contributed by atoms with Gasteiger partial charge in [-0.1, -0.05) is 18.2 Å². The molecule has 9 heteroatoms. The van der Waals surface area contributed by atoms with Crippen LogP contribution in [0.3, 0.4) is 0 Å². The Kier molecular flexibility index (Phi) is 6.84. The van der Waals surface area contributed by atoms with Crippen LogP contribution in [0.5, 0.6) is 11.5 Å². The van der Waals surface area contributed by atoms with E-state index in [1.54, 1.807) is 36.4 Å². The molecule has 154 valence electrons. The number of fused-ring (bicyclic) bond motifs is 1. The number of amides is 3. The summed E-state index contributed by atoms with van der Waals surface area (Å²) in [5.74, 6) is -0.307. The molecule has 1 aliphatic rings. The molecule has 2 N–H and O–H groups in total. The zero-order valence-corrected chi connectivity index (χ0v) is 16.1. The monoisotopic (exact) mass is 408 g/mol. The molecule has 0 radical (unpaired) electrons. The van der Waals surface area contributed by atoms with Crippen LogP contribution in [-0.2, 0) is 9.59 Å². The van der Waals surface area contributed by atoms with Crippen molar-refractivity contribution in [1.82, 2.24) is 10.9 Å². The van der Waals surface area contributed by atoms with Crippen LogP contribution in [0.25, 0.3) is 0 Å². The lowest BCUT2D eigenvalue weighted by Crippen LogP contribution is -2.42. The fourth-order valence-corrected chi connectivity index (χ4v) is 2.82. The highest BCUT2D eigenvalue weighted by Crippen LogP contribution is 2.32. The summed E-state index contributed by atoms with van der Waals surface area (Å²) in [5, 5.41) is 8.82. The van der Waals surface area contributed by atoms with Gasteiger partial charge in [0.15, 0.2) is 11.5 Å². The van der Waals surface area contributed by atoms with Gasteiger partial charge in [0.2, 0.25) is 18.6 Å². The van der Waals surface area contributed by atoms with Gasteiger partial charge in [0, 0.05) is 30.6 Å². The van der Waals surface area contributed by atoms with Crippen molar-refractivity contribution < 1.29 is 23.9 Å². The zero-order chi connectivity index (χ0) is 21.3. The van der Waals surface area contributed by atoms with Gasteiger partial charge in [-0.2, -0.15) is 5.26 Å². The highest BCUT2D eigenvalue weighted by atomic mass is 16.7. The van der Waals surface area contributed by atoms with Crippen molar-refractivity contribution in [3.05, 3.63) is 54.1 Å². The minimum absolute atomic E-state index is 0.0634. The molecule has 2 aromatic carbocycles. The summed E-state index contributed by atoms with van der Waals surface area (Å²) >= 11 is 0. The average Bonchev–Trinajstić information content (AvgIpc) is 3.25. The second-order valence-electron chi connectivity index (χ2n) is 6.36. The first-order valence-electron chi connectivity index (χ1n) is 9.29. The number of rotatable bonds is 7. The first-order valence-corrected chi connectivity index (χ1v) is 9.29. The van der Waals surface area contributed by atoms with Crippen molar-refractivity contribution >= 4 is 23.4 Å². The fourth-order valence-electron chi connectivity index (χ4n) is 2.82. The van der Waals surface area contributed by atoms with Gasteiger partial charge in [0.25, 0.3) is 5.91 Å². The molecule has 0 unspecified atom stereocenters. The third-order valence-electron chi connectivity index (χ3n) is 4.33. The minimum Gasteiger partial charge on any atom is -0.454 e. The Hall–Kier alpha value is -4.06. The Balaban J connectivity index is 1.49. The van der Waals surface area contributed by atoms with E-state index in [0.717, 1.165) is 0 Å². The van der Waals surface area contributed by atoms with Crippen molar-refractivity contribution in [2.75, 3.05) is 18.2 Å². The molecule has 3 amide bonds. The lowest BCUT2D eigenvalue weighted by molar-refractivity contribution is -0.125. The number of ether oxygens (including phenoxy) is 2. The third-order valence-corrected chi connectivity index (χ3v) is 4.33. The summed E-state index contributed by atoms with van der Waals surface area (Å²) in [6.45, 7) is 0.335. The topological polar surface area (TPSA) is 121 Å². The average molecular weight is 408 g/mol. The Bertz CT molecular complexity index is 971. The maximum atomic E-state index is 12.5. The van der Waals surface area contributed by atoms with Crippen LogP contribution >= 0.6 is 0 Å². The quantitative estimate of drug-likeness (QED) is 0.675. The number of benzene rings is 2. The smallest absolute Gasteiger partial charge is 0.269 e. The number of anilines is 1. The van der Waals surface area contributed by atoms with Crippen molar-refractivity contribution in [1.29, 1.82) is 5.26 Å². The highest BCUT2D eigenvalue weighted by Gasteiger charge is 2.18. The molecule has 1 heterocycles. The second kappa shape index (κ2) is 9.93. The SMILES string of the molecule is N#CCCN(C(=O)CCC(=O)NNC(=O)c1ccc2c(c1)OCO2)c1ccccc1. The van der Waals surface area contributed by atoms with Gasteiger partial charge in [-0.15, -0.1) is 0 Å². The highest BCUT2D eigenvalue weighted by molar-refractivity contribution is 5.97. The molecule has 1 aliphatic heterocycles. The molecule has 30 heavy (non-hydrogen) atoms. The van der Waals surface area contributed by atoms with Crippen LogP contribution < -0.4 is 25.2 Å². The number of carbonyl (C=O) groups is 3. The van der Waals surface area contributed by atoms with Crippen LogP contribution in [0.2, 0.25) is 0 Å². The van der Waals surface area contributed by atoms with Gasteiger partial charge in [0.05, 0.1) is 12.5 Å². The lowest BCUT2D eigenvalue weighted by atomic mass is 10.2. The summed E-state index contributed by atoms with van der Waals surface area (Å²) < 4.78 is 10.4. The van der Waals surface area contributed by atoms with E-state index in [4.69, 9.17) is 14.7 Å². The summed E-state index contributed by atoms with van der Waals surface area (Å²) in [4.78, 5) is 38.2. The number of para-hydroxylation sites is 1. The maximum Gasteiger partial charge on any atom is 0.269 e. The summed E-state index contributed by atoms with van der Waals surface area (Å²) in [6, 6.07) is 15.6. The maximum absolute atomic E-state index is 12.5. The van der Waals surface area contributed by atoms with Gasteiger partial charge < -0.3 is 14.4 Å². The number of nitrogens with one attached hydrogen (secondary N) is 2. The van der Waals surface area contributed by atoms with E-state index in [-0.39, 0.29) is 38.5 Å². The van der Waals surface area contributed by atoms with Gasteiger partial charge in [-0.3, -0.25) is 25.2 Å². The van der Waals surface area contributed by atoms with Crippen LogP contribution in [0, 0.1) is 11.3 Å². The first-order chi connectivity index (χ1) is 14.6.